The first-order valence-corrected chi connectivity index (χ1v) is 8.33. The number of hydrogen-bond donors (Lipinski definition) is 0. The molecule has 23 heavy (non-hydrogen) atoms. The van der Waals surface area contributed by atoms with Crippen molar-refractivity contribution in [3.8, 4) is 11.3 Å². The van der Waals surface area contributed by atoms with E-state index in [4.69, 9.17) is 4.52 Å². The summed E-state index contributed by atoms with van der Waals surface area (Å²) in [4.78, 5) is 4.15. The number of benzene rings is 1. The summed E-state index contributed by atoms with van der Waals surface area (Å²) >= 11 is -1.31. The van der Waals surface area contributed by atoms with Gasteiger partial charge >= 0.3 is 0 Å². The van der Waals surface area contributed by atoms with Gasteiger partial charge in [0.25, 0.3) is 5.71 Å². The summed E-state index contributed by atoms with van der Waals surface area (Å²) in [5.74, 6) is 0. The van der Waals surface area contributed by atoms with E-state index in [1.54, 1.807) is 12.4 Å². The third-order valence-electron chi connectivity index (χ3n) is 3.28. The first kappa shape index (κ1) is 15.7. The van der Waals surface area contributed by atoms with Crippen molar-refractivity contribution in [3.05, 3.63) is 48.2 Å². The maximum Gasteiger partial charge on any atom is 0.258 e. The largest absolute Gasteiger partial charge is 0.591 e. The predicted molar refractivity (Wildman–Crippen MR) is 92.7 cm³/mol. The van der Waals surface area contributed by atoms with Crippen molar-refractivity contribution in [2.45, 2.75) is 25.5 Å². The smallest absolute Gasteiger partial charge is 0.258 e. The van der Waals surface area contributed by atoms with Gasteiger partial charge in [-0.3, -0.25) is 0 Å². The molecule has 0 radical (unpaired) electrons. The van der Waals surface area contributed by atoms with Crippen LogP contribution < -0.4 is 0 Å². The van der Waals surface area contributed by atoms with Crippen LogP contribution >= 0.6 is 0 Å². The van der Waals surface area contributed by atoms with E-state index in [2.05, 4.69) is 14.5 Å². The van der Waals surface area contributed by atoms with Crippen molar-refractivity contribution in [2.24, 2.45) is 4.40 Å². The van der Waals surface area contributed by atoms with Crippen LogP contribution in [0.25, 0.3) is 22.4 Å². The molecule has 0 unspecified atom stereocenters. The number of nitrogens with zero attached hydrogens (tertiary/aromatic N) is 3. The monoisotopic (exact) mass is 327 g/mol. The zero-order chi connectivity index (χ0) is 16.4. The molecule has 2 aromatic heterocycles. The molecule has 5 nitrogen and oxygen atoms in total. The van der Waals surface area contributed by atoms with Gasteiger partial charge in [-0.05, 0) is 32.9 Å². The van der Waals surface area contributed by atoms with Gasteiger partial charge in [-0.1, -0.05) is 33.8 Å². The number of rotatable bonds is 3. The molecule has 0 aliphatic rings. The molecule has 0 amide bonds. The van der Waals surface area contributed by atoms with Crippen molar-refractivity contribution in [2.75, 3.05) is 0 Å². The summed E-state index contributed by atoms with van der Waals surface area (Å²) in [7, 11) is 0. The quantitative estimate of drug-likeness (QED) is 0.542. The second-order valence-corrected chi connectivity index (χ2v) is 8.00. The maximum atomic E-state index is 12.1. The van der Waals surface area contributed by atoms with Crippen LogP contribution in [-0.2, 0) is 11.4 Å². The van der Waals surface area contributed by atoms with E-state index in [0.717, 1.165) is 16.5 Å². The minimum atomic E-state index is -1.31. The van der Waals surface area contributed by atoms with E-state index < -0.39 is 16.1 Å². The highest BCUT2D eigenvalue weighted by Crippen LogP contribution is 2.29. The highest BCUT2D eigenvalue weighted by Gasteiger charge is 2.26. The van der Waals surface area contributed by atoms with Crippen LogP contribution in [0.2, 0.25) is 0 Å². The lowest BCUT2D eigenvalue weighted by atomic mass is 10.0. The standard InChI is InChI=1S/C17H17N3O2S/c1-17(2,3)23(21)19-11-12-7-4-5-8-13(12)15-14-9-6-10-18-16(14)22-20-15/h4-11H,1-3H3/b19-11+/t23-/m0/s1. The average molecular weight is 327 g/mol. The van der Waals surface area contributed by atoms with Crippen molar-refractivity contribution >= 4 is 28.7 Å². The van der Waals surface area contributed by atoms with Crippen molar-refractivity contribution < 1.29 is 9.08 Å². The topological polar surface area (TPSA) is 74.3 Å². The summed E-state index contributed by atoms with van der Waals surface area (Å²) < 4.78 is 21.2. The second kappa shape index (κ2) is 6.14. The van der Waals surface area contributed by atoms with Gasteiger partial charge in [0.1, 0.15) is 21.8 Å². The first-order chi connectivity index (χ1) is 11.0. The van der Waals surface area contributed by atoms with Crippen LogP contribution in [-0.4, -0.2) is 25.7 Å². The van der Waals surface area contributed by atoms with E-state index in [1.807, 2.05) is 57.2 Å². The summed E-state index contributed by atoms with van der Waals surface area (Å²) in [6.45, 7) is 5.68. The van der Waals surface area contributed by atoms with E-state index >= 15 is 0 Å². The van der Waals surface area contributed by atoms with Crippen LogP contribution in [0.5, 0.6) is 0 Å². The Kier molecular flexibility index (Phi) is 4.19. The SMILES string of the molecule is CC(C)(C)[S@+]([O-])/N=C/c1ccccc1-c1noc2ncccc12. The van der Waals surface area contributed by atoms with Gasteiger partial charge in [0, 0.05) is 17.3 Å². The van der Waals surface area contributed by atoms with Crippen LogP contribution in [0.3, 0.4) is 0 Å². The van der Waals surface area contributed by atoms with E-state index in [9.17, 15) is 4.55 Å². The number of aromatic nitrogens is 2. The van der Waals surface area contributed by atoms with E-state index in [-0.39, 0.29) is 0 Å². The average Bonchev–Trinajstić information content (AvgIpc) is 2.96. The molecule has 0 bridgehead atoms. The summed E-state index contributed by atoms with van der Waals surface area (Å²) in [6, 6.07) is 11.4. The molecule has 0 fully saturated rings. The van der Waals surface area contributed by atoms with Crippen molar-refractivity contribution in [1.82, 2.24) is 10.1 Å². The fraction of sp³-hybridized carbons (Fsp3) is 0.235. The Morgan fingerprint density at radius 3 is 2.74 bits per heavy atom. The minimum Gasteiger partial charge on any atom is -0.591 e. The van der Waals surface area contributed by atoms with Gasteiger partial charge in [0.15, 0.2) is 0 Å². The normalized spacial score (nSPS) is 13.7. The first-order valence-electron chi connectivity index (χ1n) is 7.23. The van der Waals surface area contributed by atoms with Crippen LogP contribution in [0.15, 0.2) is 51.5 Å². The lowest BCUT2D eigenvalue weighted by Crippen LogP contribution is -2.25. The third-order valence-corrected chi connectivity index (χ3v) is 4.62. The molecule has 0 saturated heterocycles. The maximum absolute atomic E-state index is 12.1. The summed E-state index contributed by atoms with van der Waals surface area (Å²) in [6.07, 6.45) is 3.30. The lowest BCUT2D eigenvalue weighted by molar-refractivity contribution is 0.451. The third kappa shape index (κ3) is 3.28. The van der Waals surface area contributed by atoms with Crippen LogP contribution in [0.1, 0.15) is 26.3 Å². The number of fused-ring (bicyclic) bond motifs is 1. The van der Waals surface area contributed by atoms with E-state index in [0.29, 0.717) is 11.4 Å². The Morgan fingerprint density at radius 1 is 1.17 bits per heavy atom. The molecule has 2 heterocycles. The molecule has 0 aliphatic carbocycles. The highest BCUT2D eigenvalue weighted by atomic mass is 32.2. The van der Waals surface area contributed by atoms with Gasteiger partial charge in [-0.25, -0.2) is 4.98 Å². The Labute approximate surface area is 137 Å². The molecule has 118 valence electrons. The van der Waals surface area contributed by atoms with Crippen LogP contribution in [0, 0.1) is 0 Å². The predicted octanol–water partition coefficient (Wildman–Crippen LogP) is 3.77. The van der Waals surface area contributed by atoms with Gasteiger partial charge in [0.2, 0.25) is 0 Å². The highest BCUT2D eigenvalue weighted by molar-refractivity contribution is 7.91. The Hall–Kier alpha value is -2.18. The molecular formula is C17H17N3O2S. The van der Waals surface area contributed by atoms with Crippen molar-refractivity contribution in [1.29, 1.82) is 0 Å². The molecule has 6 heteroatoms. The zero-order valence-electron chi connectivity index (χ0n) is 13.2. The van der Waals surface area contributed by atoms with Gasteiger partial charge in [-0.2, -0.15) is 0 Å². The number of pyridine rings is 1. The Balaban J connectivity index is 2.03. The van der Waals surface area contributed by atoms with Gasteiger partial charge in [0.05, 0.1) is 11.6 Å². The molecule has 1 atom stereocenters. The number of hydrogen-bond acceptors (Lipinski definition) is 5. The fourth-order valence-corrected chi connectivity index (χ4v) is 2.59. The molecule has 0 N–H and O–H groups in total. The molecule has 0 aliphatic heterocycles. The molecule has 3 aromatic rings. The fourth-order valence-electron chi connectivity index (χ4n) is 2.06. The van der Waals surface area contributed by atoms with E-state index in [1.165, 1.54) is 0 Å². The summed E-state index contributed by atoms with van der Waals surface area (Å²) in [5.41, 5.74) is 2.90. The molecule has 0 spiro atoms. The molecule has 1 aromatic carbocycles. The minimum absolute atomic E-state index is 0.393. The molecular weight excluding hydrogens is 310 g/mol. The Morgan fingerprint density at radius 2 is 1.96 bits per heavy atom. The Bertz CT molecular complexity index is 852. The lowest BCUT2D eigenvalue weighted by Gasteiger charge is -2.17. The summed E-state index contributed by atoms with van der Waals surface area (Å²) in [5, 5.41) is 4.97. The second-order valence-electron chi connectivity index (χ2n) is 6.07. The van der Waals surface area contributed by atoms with Crippen LogP contribution in [0.4, 0.5) is 0 Å². The zero-order valence-corrected chi connectivity index (χ0v) is 14.0. The molecule has 0 saturated carbocycles. The van der Waals surface area contributed by atoms with Gasteiger partial charge < -0.3 is 9.08 Å². The van der Waals surface area contributed by atoms with Gasteiger partial charge in [-0.15, -0.1) is 0 Å². The van der Waals surface area contributed by atoms with Crippen molar-refractivity contribution in [3.63, 3.8) is 0 Å². The molecule has 3 rings (SSSR count).